The second-order valence-corrected chi connectivity index (χ2v) is 6.50. The summed E-state index contributed by atoms with van der Waals surface area (Å²) in [6.45, 7) is -0.00853. The van der Waals surface area contributed by atoms with Crippen LogP contribution in [0.3, 0.4) is 0 Å². The molecule has 3 aromatic rings. The van der Waals surface area contributed by atoms with E-state index in [-0.39, 0.29) is 12.5 Å². The Morgan fingerprint density at radius 1 is 0.880 bits per heavy atom. The van der Waals surface area contributed by atoms with Crippen LogP contribution in [0.5, 0.6) is 5.75 Å². The molecule has 0 atom stereocenters. The molecule has 3 nitrogen and oxygen atoms in total. The first-order chi connectivity index (χ1) is 12.3. The first-order valence-electron chi connectivity index (χ1n) is 8.04. The van der Waals surface area contributed by atoms with Crippen molar-refractivity contribution in [2.75, 3.05) is 11.9 Å². The van der Waals surface area contributed by atoms with Crippen LogP contribution in [0.2, 0.25) is 0 Å². The fourth-order valence-electron chi connectivity index (χ4n) is 2.27. The molecular formula is C21H19NO2S. The number of anilines is 1. The number of ether oxygens (including phenoxy) is 1. The van der Waals surface area contributed by atoms with Crippen LogP contribution in [0.25, 0.3) is 0 Å². The molecule has 0 heterocycles. The van der Waals surface area contributed by atoms with Gasteiger partial charge in [-0.05, 0) is 35.9 Å². The van der Waals surface area contributed by atoms with Crippen LogP contribution in [0, 0.1) is 0 Å². The van der Waals surface area contributed by atoms with Crippen LogP contribution in [-0.4, -0.2) is 12.5 Å². The van der Waals surface area contributed by atoms with Gasteiger partial charge in [0, 0.05) is 16.3 Å². The molecule has 3 rings (SSSR count). The minimum atomic E-state index is -0.172. The number of thioether (sulfide) groups is 1. The Balaban J connectivity index is 1.51. The van der Waals surface area contributed by atoms with Gasteiger partial charge in [0.2, 0.25) is 0 Å². The minimum Gasteiger partial charge on any atom is -0.484 e. The number of para-hydroxylation sites is 1. The van der Waals surface area contributed by atoms with E-state index in [9.17, 15) is 4.79 Å². The molecule has 25 heavy (non-hydrogen) atoms. The highest BCUT2D eigenvalue weighted by atomic mass is 32.2. The Morgan fingerprint density at radius 2 is 1.60 bits per heavy atom. The van der Waals surface area contributed by atoms with Crippen LogP contribution >= 0.6 is 11.8 Å². The number of carbonyl (C=O) groups excluding carboxylic acids is 1. The molecule has 0 aliphatic heterocycles. The quantitative estimate of drug-likeness (QED) is 0.610. The molecule has 0 spiro atoms. The largest absolute Gasteiger partial charge is 0.484 e. The molecule has 0 unspecified atom stereocenters. The molecule has 3 aromatic carbocycles. The van der Waals surface area contributed by atoms with E-state index in [0.29, 0.717) is 5.75 Å². The maximum atomic E-state index is 12.0. The molecular weight excluding hydrogens is 330 g/mol. The van der Waals surface area contributed by atoms with Crippen LogP contribution in [0.15, 0.2) is 89.8 Å². The van der Waals surface area contributed by atoms with E-state index in [1.165, 1.54) is 5.56 Å². The number of benzene rings is 3. The predicted molar refractivity (Wildman–Crippen MR) is 103 cm³/mol. The highest BCUT2D eigenvalue weighted by Crippen LogP contribution is 2.25. The van der Waals surface area contributed by atoms with Gasteiger partial charge in [0.05, 0.1) is 0 Å². The van der Waals surface area contributed by atoms with Crippen molar-refractivity contribution in [1.82, 2.24) is 0 Å². The smallest absolute Gasteiger partial charge is 0.262 e. The number of rotatable bonds is 7. The summed E-state index contributed by atoms with van der Waals surface area (Å²) in [5.74, 6) is 1.41. The van der Waals surface area contributed by atoms with Gasteiger partial charge in [-0.2, -0.15) is 0 Å². The minimum absolute atomic E-state index is 0.00853. The number of nitrogens with one attached hydrogen (secondary N) is 1. The van der Waals surface area contributed by atoms with Crippen molar-refractivity contribution in [2.45, 2.75) is 10.6 Å². The second kappa shape index (κ2) is 8.94. The molecule has 0 fully saturated rings. The topological polar surface area (TPSA) is 38.3 Å². The van der Waals surface area contributed by atoms with Gasteiger partial charge >= 0.3 is 0 Å². The third-order valence-corrected chi connectivity index (χ3v) is 4.54. The van der Waals surface area contributed by atoms with Crippen LogP contribution < -0.4 is 10.1 Å². The summed E-state index contributed by atoms with van der Waals surface area (Å²) < 4.78 is 5.46. The molecule has 0 aliphatic carbocycles. The lowest BCUT2D eigenvalue weighted by Crippen LogP contribution is -2.20. The van der Waals surface area contributed by atoms with Crippen molar-refractivity contribution in [3.8, 4) is 5.75 Å². The van der Waals surface area contributed by atoms with E-state index in [0.717, 1.165) is 16.3 Å². The van der Waals surface area contributed by atoms with Gasteiger partial charge < -0.3 is 10.1 Å². The Kier molecular flexibility index (Phi) is 6.12. The molecule has 126 valence electrons. The molecule has 4 heteroatoms. The zero-order valence-electron chi connectivity index (χ0n) is 13.7. The molecule has 1 amide bonds. The maximum Gasteiger partial charge on any atom is 0.262 e. The zero-order valence-corrected chi connectivity index (χ0v) is 14.5. The maximum absolute atomic E-state index is 12.0. The first-order valence-corrected chi connectivity index (χ1v) is 9.03. The van der Waals surface area contributed by atoms with Crippen molar-refractivity contribution in [3.05, 3.63) is 90.5 Å². The van der Waals surface area contributed by atoms with E-state index in [2.05, 4.69) is 17.4 Å². The lowest BCUT2D eigenvalue weighted by molar-refractivity contribution is -0.118. The van der Waals surface area contributed by atoms with Crippen molar-refractivity contribution >= 4 is 23.4 Å². The Hall–Kier alpha value is -2.72. The molecule has 0 bridgehead atoms. The number of hydrogen-bond donors (Lipinski definition) is 1. The molecule has 0 saturated carbocycles. The molecule has 0 saturated heterocycles. The first kappa shape index (κ1) is 17.1. The second-order valence-electron chi connectivity index (χ2n) is 5.45. The van der Waals surface area contributed by atoms with Crippen molar-refractivity contribution in [3.63, 3.8) is 0 Å². The van der Waals surface area contributed by atoms with E-state index in [4.69, 9.17) is 4.74 Å². The zero-order chi connectivity index (χ0) is 17.3. The van der Waals surface area contributed by atoms with Gasteiger partial charge in [0.25, 0.3) is 5.91 Å². The summed E-state index contributed by atoms with van der Waals surface area (Å²) in [4.78, 5) is 13.1. The average molecular weight is 349 g/mol. The summed E-state index contributed by atoms with van der Waals surface area (Å²) in [5.41, 5.74) is 2.05. The van der Waals surface area contributed by atoms with Crippen LogP contribution in [0.4, 0.5) is 5.69 Å². The fraction of sp³-hybridized carbons (Fsp3) is 0.0952. The van der Waals surface area contributed by atoms with Crippen LogP contribution in [0.1, 0.15) is 5.56 Å². The highest BCUT2D eigenvalue weighted by Gasteiger charge is 2.05. The summed E-state index contributed by atoms with van der Waals surface area (Å²) >= 11 is 1.74. The van der Waals surface area contributed by atoms with Gasteiger partial charge in [-0.15, -0.1) is 11.8 Å². The lowest BCUT2D eigenvalue weighted by Gasteiger charge is -2.09. The number of carbonyl (C=O) groups is 1. The Bertz CT molecular complexity index is 806. The summed E-state index contributed by atoms with van der Waals surface area (Å²) in [6.07, 6.45) is 0. The third-order valence-electron chi connectivity index (χ3n) is 3.48. The Morgan fingerprint density at radius 3 is 2.36 bits per heavy atom. The SMILES string of the molecule is O=C(COc1ccccc1)Nc1cccc(SCc2ccccc2)c1. The van der Waals surface area contributed by atoms with Crippen molar-refractivity contribution < 1.29 is 9.53 Å². The predicted octanol–water partition coefficient (Wildman–Crippen LogP) is 5.00. The lowest BCUT2D eigenvalue weighted by atomic mass is 10.2. The van der Waals surface area contributed by atoms with E-state index >= 15 is 0 Å². The normalized spacial score (nSPS) is 10.2. The molecule has 0 aromatic heterocycles. The van der Waals surface area contributed by atoms with Gasteiger partial charge in [0.15, 0.2) is 6.61 Å². The standard InChI is InChI=1S/C21H19NO2S/c23-21(15-24-19-11-5-2-6-12-19)22-18-10-7-13-20(14-18)25-16-17-8-3-1-4-9-17/h1-14H,15-16H2,(H,22,23). The van der Waals surface area contributed by atoms with E-state index in [1.807, 2.05) is 72.8 Å². The van der Waals surface area contributed by atoms with Gasteiger partial charge in [-0.1, -0.05) is 54.6 Å². The van der Waals surface area contributed by atoms with Gasteiger partial charge in [-0.25, -0.2) is 0 Å². The summed E-state index contributed by atoms with van der Waals surface area (Å²) in [6, 6.07) is 27.5. The van der Waals surface area contributed by atoms with Crippen molar-refractivity contribution in [2.24, 2.45) is 0 Å². The molecule has 0 radical (unpaired) electrons. The summed E-state index contributed by atoms with van der Waals surface area (Å²) in [7, 11) is 0. The number of amides is 1. The van der Waals surface area contributed by atoms with E-state index in [1.54, 1.807) is 11.8 Å². The van der Waals surface area contributed by atoms with Crippen molar-refractivity contribution in [1.29, 1.82) is 0 Å². The van der Waals surface area contributed by atoms with Gasteiger partial charge in [-0.3, -0.25) is 4.79 Å². The average Bonchev–Trinajstić information content (AvgIpc) is 2.67. The third kappa shape index (κ3) is 5.69. The van der Waals surface area contributed by atoms with Crippen LogP contribution in [-0.2, 0) is 10.5 Å². The Labute approximate surface area is 152 Å². The van der Waals surface area contributed by atoms with E-state index < -0.39 is 0 Å². The highest BCUT2D eigenvalue weighted by molar-refractivity contribution is 7.98. The number of hydrogen-bond acceptors (Lipinski definition) is 3. The summed E-state index contributed by atoms with van der Waals surface area (Å²) in [5, 5.41) is 2.87. The fourth-order valence-corrected chi connectivity index (χ4v) is 3.18. The van der Waals surface area contributed by atoms with Gasteiger partial charge in [0.1, 0.15) is 5.75 Å². The molecule has 0 aliphatic rings. The molecule has 1 N–H and O–H groups in total. The monoisotopic (exact) mass is 349 g/mol.